The summed E-state index contributed by atoms with van der Waals surface area (Å²) in [6, 6.07) is 6.29. The summed E-state index contributed by atoms with van der Waals surface area (Å²) in [5, 5.41) is 8.58. The molecule has 0 radical (unpaired) electrons. The van der Waals surface area contributed by atoms with Crippen LogP contribution in [-0.4, -0.2) is 23.2 Å². The topological polar surface area (TPSA) is 85.4 Å². The van der Waals surface area contributed by atoms with Gasteiger partial charge in [0.25, 0.3) is 0 Å². The molecular formula is C13H10ClFN2O3. The lowest BCUT2D eigenvalue weighted by Gasteiger charge is -2.09. The van der Waals surface area contributed by atoms with Crippen LogP contribution in [0.2, 0.25) is 5.02 Å². The number of carboxylic acid groups (broad SMARTS) is 1. The number of nitrogens with zero attached hydrogens (tertiary/aromatic N) is 1. The van der Waals surface area contributed by atoms with Crippen LogP contribution in [0.3, 0.4) is 0 Å². The Hall–Kier alpha value is -2.34. The van der Waals surface area contributed by atoms with E-state index < -0.39 is 28.2 Å². The van der Waals surface area contributed by atoms with Crippen molar-refractivity contribution >= 4 is 23.3 Å². The van der Waals surface area contributed by atoms with Crippen molar-refractivity contribution in [3.63, 3.8) is 0 Å². The maximum atomic E-state index is 14.1. The number of aromatic nitrogens is 1. The first kappa shape index (κ1) is 14.1. The summed E-state index contributed by atoms with van der Waals surface area (Å²) in [4.78, 5) is 14.8. The molecule has 0 bridgehead atoms. The molecule has 2 rings (SSSR count). The molecule has 5 nitrogen and oxygen atoms in total. The van der Waals surface area contributed by atoms with E-state index in [1.165, 1.54) is 7.11 Å². The summed E-state index contributed by atoms with van der Waals surface area (Å²) in [5.74, 6) is -1.66. The predicted molar refractivity (Wildman–Crippen MR) is 72.6 cm³/mol. The summed E-state index contributed by atoms with van der Waals surface area (Å²) in [6.45, 7) is 0. The molecule has 1 aromatic carbocycles. The van der Waals surface area contributed by atoms with E-state index >= 15 is 0 Å². The van der Waals surface area contributed by atoms with Gasteiger partial charge in [-0.05, 0) is 24.3 Å². The average Bonchev–Trinajstić information content (AvgIpc) is 2.45. The largest absolute Gasteiger partial charge is 0.497 e. The zero-order valence-corrected chi connectivity index (χ0v) is 11.1. The zero-order valence-electron chi connectivity index (χ0n) is 10.4. The second kappa shape index (κ2) is 5.34. The van der Waals surface area contributed by atoms with Crippen molar-refractivity contribution in [1.82, 2.24) is 4.98 Å². The molecule has 0 aliphatic rings. The van der Waals surface area contributed by atoms with E-state index in [1.54, 1.807) is 24.3 Å². The minimum atomic E-state index is -1.38. The lowest BCUT2D eigenvalue weighted by atomic mass is 10.1. The van der Waals surface area contributed by atoms with Gasteiger partial charge in [-0.25, -0.2) is 14.2 Å². The number of halogens is 2. The molecule has 1 aromatic heterocycles. The summed E-state index contributed by atoms with van der Waals surface area (Å²) >= 11 is 5.67. The van der Waals surface area contributed by atoms with Crippen molar-refractivity contribution in [2.24, 2.45) is 0 Å². The molecular weight excluding hydrogens is 287 g/mol. The van der Waals surface area contributed by atoms with E-state index in [2.05, 4.69) is 4.98 Å². The normalized spacial score (nSPS) is 10.3. The molecule has 7 heteroatoms. The van der Waals surface area contributed by atoms with Crippen LogP contribution in [0.25, 0.3) is 11.3 Å². The van der Waals surface area contributed by atoms with E-state index in [0.29, 0.717) is 11.3 Å². The van der Waals surface area contributed by atoms with Gasteiger partial charge in [0.15, 0.2) is 11.5 Å². The molecule has 0 aliphatic carbocycles. The van der Waals surface area contributed by atoms with Gasteiger partial charge in [0.2, 0.25) is 0 Å². The number of pyridine rings is 1. The SMILES string of the molecule is COc1ccc(-c2nc(C(=O)O)c(Cl)c(N)c2F)cc1. The second-order valence-corrected chi connectivity index (χ2v) is 4.26. The molecule has 0 fully saturated rings. The molecule has 0 unspecified atom stereocenters. The Morgan fingerprint density at radius 1 is 1.40 bits per heavy atom. The van der Waals surface area contributed by atoms with Crippen LogP contribution in [0.4, 0.5) is 10.1 Å². The quantitative estimate of drug-likeness (QED) is 0.909. The standard InChI is InChI=1S/C13H10ClFN2O3/c1-20-7-4-2-6(3-5-7)11-9(15)10(16)8(14)12(17-11)13(18)19/h2-5H,1H3,(H2,16,17)(H,18,19). The Balaban J connectivity index is 2.63. The van der Waals surface area contributed by atoms with Gasteiger partial charge in [-0.15, -0.1) is 0 Å². The lowest BCUT2D eigenvalue weighted by molar-refractivity contribution is 0.0691. The number of hydrogen-bond acceptors (Lipinski definition) is 4. The highest BCUT2D eigenvalue weighted by Gasteiger charge is 2.21. The van der Waals surface area contributed by atoms with Gasteiger partial charge < -0.3 is 15.6 Å². The Morgan fingerprint density at radius 3 is 2.50 bits per heavy atom. The molecule has 1 heterocycles. The fourth-order valence-electron chi connectivity index (χ4n) is 1.64. The number of carbonyl (C=O) groups is 1. The molecule has 0 aliphatic heterocycles. The van der Waals surface area contributed by atoms with Crippen LogP contribution in [0.15, 0.2) is 24.3 Å². The average molecular weight is 297 g/mol. The number of carboxylic acids is 1. The van der Waals surface area contributed by atoms with E-state index in [1.807, 2.05) is 0 Å². The Labute approximate surface area is 118 Å². The minimum Gasteiger partial charge on any atom is -0.497 e. The first-order valence-electron chi connectivity index (χ1n) is 5.48. The lowest BCUT2D eigenvalue weighted by Crippen LogP contribution is -2.08. The molecule has 0 saturated heterocycles. The Morgan fingerprint density at radius 2 is 2.00 bits per heavy atom. The number of nitrogens with two attached hydrogens (primary N) is 1. The fraction of sp³-hybridized carbons (Fsp3) is 0.0769. The second-order valence-electron chi connectivity index (χ2n) is 3.88. The molecule has 0 spiro atoms. The van der Waals surface area contributed by atoms with Gasteiger partial charge in [0, 0.05) is 5.56 Å². The highest BCUT2D eigenvalue weighted by atomic mass is 35.5. The number of methoxy groups -OCH3 is 1. The summed E-state index contributed by atoms with van der Waals surface area (Å²) in [7, 11) is 1.50. The van der Waals surface area contributed by atoms with Crippen molar-refractivity contribution in [2.75, 3.05) is 12.8 Å². The third-order valence-corrected chi connectivity index (χ3v) is 3.06. The van der Waals surface area contributed by atoms with Crippen molar-refractivity contribution in [3.05, 3.63) is 40.8 Å². The van der Waals surface area contributed by atoms with Crippen LogP contribution >= 0.6 is 11.6 Å². The van der Waals surface area contributed by atoms with E-state index in [4.69, 9.17) is 27.2 Å². The molecule has 2 aromatic rings. The number of rotatable bonds is 3. The summed E-state index contributed by atoms with van der Waals surface area (Å²) in [6.07, 6.45) is 0. The number of hydrogen-bond donors (Lipinski definition) is 2. The highest BCUT2D eigenvalue weighted by Crippen LogP contribution is 2.32. The van der Waals surface area contributed by atoms with Crippen molar-refractivity contribution in [2.45, 2.75) is 0 Å². The predicted octanol–water partition coefficient (Wildman–Crippen LogP) is 2.83. The summed E-state index contributed by atoms with van der Waals surface area (Å²) < 4.78 is 19.1. The van der Waals surface area contributed by atoms with Crippen LogP contribution < -0.4 is 10.5 Å². The smallest absolute Gasteiger partial charge is 0.356 e. The van der Waals surface area contributed by atoms with E-state index in [0.717, 1.165) is 0 Å². The third kappa shape index (κ3) is 2.37. The number of nitrogen functional groups attached to an aromatic ring is 1. The van der Waals surface area contributed by atoms with Gasteiger partial charge in [-0.2, -0.15) is 0 Å². The molecule has 20 heavy (non-hydrogen) atoms. The fourth-order valence-corrected chi connectivity index (χ4v) is 1.85. The Kier molecular flexibility index (Phi) is 3.76. The van der Waals surface area contributed by atoms with Gasteiger partial charge in [-0.3, -0.25) is 0 Å². The molecule has 0 saturated carbocycles. The van der Waals surface area contributed by atoms with Gasteiger partial charge in [0.05, 0.1) is 17.8 Å². The number of aromatic carboxylic acids is 1. The van der Waals surface area contributed by atoms with Crippen molar-refractivity contribution in [1.29, 1.82) is 0 Å². The maximum absolute atomic E-state index is 14.1. The Bertz CT molecular complexity index is 674. The molecule has 3 N–H and O–H groups in total. The van der Waals surface area contributed by atoms with Gasteiger partial charge in [-0.1, -0.05) is 11.6 Å². The maximum Gasteiger partial charge on any atom is 0.356 e. The molecule has 0 atom stereocenters. The zero-order chi connectivity index (χ0) is 14.9. The van der Waals surface area contributed by atoms with Crippen LogP contribution in [0.1, 0.15) is 10.5 Å². The van der Waals surface area contributed by atoms with Gasteiger partial charge >= 0.3 is 5.97 Å². The van der Waals surface area contributed by atoms with Gasteiger partial charge in [0.1, 0.15) is 11.4 Å². The first-order chi connectivity index (χ1) is 9.45. The minimum absolute atomic E-state index is 0.174. The van der Waals surface area contributed by atoms with Crippen LogP contribution in [-0.2, 0) is 0 Å². The van der Waals surface area contributed by atoms with E-state index in [-0.39, 0.29) is 5.69 Å². The van der Waals surface area contributed by atoms with E-state index in [9.17, 15) is 9.18 Å². The number of ether oxygens (including phenoxy) is 1. The van der Waals surface area contributed by atoms with Crippen LogP contribution in [0, 0.1) is 5.82 Å². The number of benzene rings is 1. The molecule has 0 amide bonds. The highest BCUT2D eigenvalue weighted by molar-refractivity contribution is 6.35. The van der Waals surface area contributed by atoms with Crippen LogP contribution in [0.5, 0.6) is 5.75 Å². The van der Waals surface area contributed by atoms with Crippen molar-refractivity contribution < 1.29 is 19.0 Å². The third-order valence-electron chi connectivity index (χ3n) is 2.68. The first-order valence-corrected chi connectivity index (χ1v) is 5.85. The van der Waals surface area contributed by atoms with Crippen molar-refractivity contribution in [3.8, 4) is 17.0 Å². The monoisotopic (exact) mass is 296 g/mol. The number of anilines is 1. The molecule has 104 valence electrons. The summed E-state index contributed by atoms with van der Waals surface area (Å²) in [5.41, 5.74) is 4.75.